The number of carbonyl (C=O) groups is 1. The Labute approximate surface area is 136 Å². The van der Waals surface area contributed by atoms with Crippen molar-refractivity contribution >= 4 is 11.9 Å². The van der Waals surface area contributed by atoms with Gasteiger partial charge in [0.05, 0.1) is 7.11 Å². The number of ether oxygens (including phenoxy) is 2. The lowest BCUT2D eigenvalue weighted by Gasteiger charge is -2.24. The number of hydrogen-bond donors (Lipinski definition) is 0. The number of ketones is 1. The second-order valence-corrected chi connectivity index (χ2v) is 5.67. The van der Waals surface area contributed by atoms with Crippen LogP contribution in [-0.2, 0) is 4.79 Å². The van der Waals surface area contributed by atoms with Crippen LogP contribution in [0.2, 0.25) is 0 Å². The zero-order chi connectivity index (χ0) is 16.1. The molecule has 0 bridgehead atoms. The number of benzene rings is 2. The summed E-state index contributed by atoms with van der Waals surface area (Å²) in [4.78, 5) is 12.2. The normalized spacial score (nSPS) is 19.6. The van der Waals surface area contributed by atoms with Gasteiger partial charge in [-0.25, -0.2) is 0 Å². The van der Waals surface area contributed by atoms with Crippen LogP contribution in [0.15, 0.2) is 60.2 Å². The van der Waals surface area contributed by atoms with Gasteiger partial charge >= 0.3 is 0 Å². The fraction of sp³-hybridized carbons (Fsp3) is 0.250. The van der Waals surface area contributed by atoms with Crippen molar-refractivity contribution in [2.24, 2.45) is 0 Å². The van der Waals surface area contributed by atoms with Crippen LogP contribution in [0.25, 0.3) is 6.08 Å². The fourth-order valence-electron chi connectivity index (χ4n) is 2.78. The van der Waals surface area contributed by atoms with Crippen LogP contribution in [0, 0.1) is 0 Å². The number of para-hydroxylation sites is 1. The fourth-order valence-corrected chi connectivity index (χ4v) is 2.78. The molecule has 1 atom stereocenters. The van der Waals surface area contributed by atoms with E-state index in [4.69, 9.17) is 9.47 Å². The Kier molecular flexibility index (Phi) is 4.77. The molecule has 1 aliphatic rings. The van der Waals surface area contributed by atoms with Crippen molar-refractivity contribution in [3.8, 4) is 11.5 Å². The molecule has 0 amide bonds. The SMILES string of the molecule is COc1cccc(C=C2CC(Oc3ccccc3)CCC2=O)c1. The van der Waals surface area contributed by atoms with Crippen molar-refractivity contribution < 1.29 is 14.3 Å². The van der Waals surface area contributed by atoms with Gasteiger partial charge in [-0.1, -0.05) is 30.3 Å². The largest absolute Gasteiger partial charge is 0.497 e. The summed E-state index contributed by atoms with van der Waals surface area (Å²) in [6.45, 7) is 0. The minimum atomic E-state index is 0.0481. The van der Waals surface area contributed by atoms with Crippen LogP contribution in [0.5, 0.6) is 11.5 Å². The Bertz CT molecular complexity index is 704. The predicted octanol–water partition coefficient (Wildman–Crippen LogP) is 4.28. The van der Waals surface area contributed by atoms with Gasteiger partial charge < -0.3 is 9.47 Å². The summed E-state index contributed by atoms with van der Waals surface area (Å²) in [7, 11) is 1.64. The minimum Gasteiger partial charge on any atom is -0.497 e. The Morgan fingerprint density at radius 3 is 2.61 bits per heavy atom. The maximum Gasteiger partial charge on any atom is 0.159 e. The highest BCUT2D eigenvalue weighted by atomic mass is 16.5. The van der Waals surface area contributed by atoms with Gasteiger partial charge in [0, 0.05) is 12.8 Å². The molecular weight excluding hydrogens is 288 g/mol. The molecule has 0 heterocycles. The molecule has 0 aliphatic heterocycles. The van der Waals surface area contributed by atoms with E-state index in [-0.39, 0.29) is 11.9 Å². The summed E-state index contributed by atoms with van der Waals surface area (Å²) in [6, 6.07) is 17.5. The highest BCUT2D eigenvalue weighted by molar-refractivity contribution is 6.00. The van der Waals surface area contributed by atoms with Crippen LogP contribution in [-0.4, -0.2) is 19.0 Å². The molecule has 1 unspecified atom stereocenters. The van der Waals surface area contributed by atoms with E-state index in [1.165, 1.54) is 0 Å². The van der Waals surface area contributed by atoms with E-state index in [0.717, 1.165) is 29.1 Å². The van der Waals surface area contributed by atoms with Gasteiger partial charge in [-0.3, -0.25) is 4.79 Å². The van der Waals surface area contributed by atoms with Crippen LogP contribution >= 0.6 is 0 Å². The Balaban J connectivity index is 1.75. The standard InChI is InChI=1S/C20H20O3/c1-22-18-9-5-6-15(13-18)12-16-14-19(10-11-20(16)21)23-17-7-3-2-4-8-17/h2-9,12-13,19H,10-11,14H2,1H3. The van der Waals surface area contributed by atoms with Gasteiger partial charge in [0.1, 0.15) is 17.6 Å². The zero-order valence-electron chi connectivity index (χ0n) is 13.2. The van der Waals surface area contributed by atoms with Crippen molar-refractivity contribution in [3.05, 3.63) is 65.7 Å². The number of rotatable bonds is 4. The molecule has 0 spiro atoms. The van der Waals surface area contributed by atoms with Crippen LogP contribution in [0.1, 0.15) is 24.8 Å². The first-order chi connectivity index (χ1) is 11.2. The molecular formula is C20H20O3. The lowest BCUT2D eigenvalue weighted by atomic mass is 9.90. The van der Waals surface area contributed by atoms with Gasteiger partial charge in [-0.05, 0) is 47.9 Å². The smallest absolute Gasteiger partial charge is 0.159 e. The second-order valence-electron chi connectivity index (χ2n) is 5.67. The summed E-state index contributed by atoms with van der Waals surface area (Å²) >= 11 is 0. The van der Waals surface area contributed by atoms with Crippen molar-refractivity contribution in [2.45, 2.75) is 25.4 Å². The Morgan fingerprint density at radius 2 is 1.83 bits per heavy atom. The van der Waals surface area contributed by atoms with E-state index in [0.29, 0.717) is 12.8 Å². The molecule has 0 N–H and O–H groups in total. The van der Waals surface area contributed by atoms with Gasteiger partial charge in [-0.15, -0.1) is 0 Å². The maximum absolute atomic E-state index is 12.2. The van der Waals surface area contributed by atoms with Crippen molar-refractivity contribution in [1.29, 1.82) is 0 Å². The van der Waals surface area contributed by atoms with Gasteiger partial charge in [0.15, 0.2) is 5.78 Å². The predicted molar refractivity (Wildman–Crippen MR) is 90.7 cm³/mol. The molecule has 2 aromatic rings. The molecule has 3 rings (SSSR count). The van der Waals surface area contributed by atoms with E-state index in [2.05, 4.69) is 0 Å². The van der Waals surface area contributed by atoms with Gasteiger partial charge in [0.2, 0.25) is 0 Å². The van der Waals surface area contributed by atoms with E-state index in [1.807, 2.05) is 60.7 Å². The third kappa shape index (κ3) is 4.01. The maximum atomic E-state index is 12.2. The third-order valence-electron chi connectivity index (χ3n) is 3.98. The van der Waals surface area contributed by atoms with E-state index in [9.17, 15) is 4.79 Å². The Hall–Kier alpha value is -2.55. The number of methoxy groups -OCH3 is 1. The summed E-state index contributed by atoms with van der Waals surface area (Å²) in [5, 5.41) is 0. The van der Waals surface area contributed by atoms with Crippen LogP contribution in [0.3, 0.4) is 0 Å². The molecule has 23 heavy (non-hydrogen) atoms. The average Bonchev–Trinajstić information content (AvgIpc) is 2.59. The monoisotopic (exact) mass is 308 g/mol. The van der Waals surface area contributed by atoms with E-state index >= 15 is 0 Å². The summed E-state index contributed by atoms with van der Waals surface area (Å²) in [5.74, 6) is 1.85. The first-order valence-electron chi connectivity index (χ1n) is 7.84. The first-order valence-corrected chi connectivity index (χ1v) is 7.84. The minimum absolute atomic E-state index is 0.0481. The van der Waals surface area contributed by atoms with Gasteiger partial charge in [0.25, 0.3) is 0 Å². The van der Waals surface area contributed by atoms with Gasteiger partial charge in [-0.2, -0.15) is 0 Å². The molecule has 1 saturated carbocycles. The molecule has 1 fully saturated rings. The highest BCUT2D eigenvalue weighted by Gasteiger charge is 2.24. The third-order valence-corrected chi connectivity index (χ3v) is 3.98. The van der Waals surface area contributed by atoms with E-state index in [1.54, 1.807) is 7.11 Å². The average molecular weight is 308 g/mol. The van der Waals surface area contributed by atoms with Crippen LogP contribution in [0.4, 0.5) is 0 Å². The first kappa shape index (κ1) is 15.3. The molecule has 3 nitrogen and oxygen atoms in total. The second kappa shape index (κ2) is 7.14. The molecule has 0 radical (unpaired) electrons. The summed E-state index contributed by atoms with van der Waals surface area (Å²) < 4.78 is 11.2. The highest BCUT2D eigenvalue weighted by Crippen LogP contribution is 2.27. The topological polar surface area (TPSA) is 35.5 Å². The lowest BCUT2D eigenvalue weighted by molar-refractivity contribution is -0.117. The molecule has 0 aromatic heterocycles. The van der Waals surface area contributed by atoms with Crippen molar-refractivity contribution in [3.63, 3.8) is 0 Å². The van der Waals surface area contributed by atoms with Crippen molar-refractivity contribution in [2.75, 3.05) is 7.11 Å². The number of hydrogen-bond acceptors (Lipinski definition) is 3. The Morgan fingerprint density at radius 1 is 1.04 bits per heavy atom. The van der Waals surface area contributed by atoms with Crippen LogP contribution < -0.4 is 9.47 Å². The molecule has 1 aliphatic carbocycles. The molecule has 3 heteroatoms. The summed E-state index contributed by atoms with van der Waals surface area (Å²) in [5.41, 5.74) is 1.80. The molecule has 2 aromatic carbocycles. The lowest BCUT2D eigenvalue weighted by Crippen LogP contribution is -2.26. The number of carbonyl (C=O) groups excluding carboxylic acids is 1. The quantitative estimate of drug-likeness (QED) is 0.791. The number of Topliss-reactive ketones (excluding diaryl/α,β-unsaturated/α-hetero) is 1. The van der Waals surface area contributed by atoms with Crippen molar-refractivity contribution in [1.82, 2.24) is 0 Å². The molecule has 0 saturated heterocycles. The summed E-state index contributed by atoms with van der Waals surface area (Å²) in [6.07, 6.45) is 3.94. The van der Waals surface area contributed by atoms with E-state index < -0.39 is 0 Å². The molecule has 118 valence electrons. The zero-order valence-corrected chi connectivity index (χ0v) is 13.2.